The van der Waals surface area contributed by atoms with Gasteiger partial charge in [-0.3, -0.25) is 4.79 Å². The minimum absolute atomic E-state index is 0.0177. The summed E-state index contributed by atoms with van der Waals surface area (Å²) in [5, 5.41) is 0. The molecule has 0 aromatic heterocycles. The van der Waals surface area contributed by atoms with Crippen LogP contribution in [0.15, 0.2) is 18.2 Å². The van der Waals surface area contributed by atoms with E-state index in [2.05, 4.69) is 0 Å². The van der Waals surface area contributed by atoms with Crippen LogP contribution in [-0.4, -0.2) is 49.1 Å². The Hall–Kier alpha value is -1.60. The van der Waals surface area contributed by atoms with E-state index < -0.39 is 30.8 Å². The molecule has 2 rings (SSSR count). The van der Waals surface area contributed by atoms with Crippen LogP contribution in [0.25, 0.3) is 0 Å². The van der Waals surface area contributed by atoms with E-state index in [1.807, 2.05) is 13.8 Å². The van der Waals surface area contributed by atoms with E-state index in [0.717, 1.165) is 11.0 Å². The zero-order valence-electron chi connectivity index (χ0n) is 13.2. The average Bonchev–Trinajstić information content (AvgIpc) is 2.66. The first-order valence-corrected chi connectivity index (χ1v) is 7.43. The summed E-state index contributed by atoms with van der Waals surface area (Å²) in [5.41, 5.74) is 0.383. The summed E-state index contributed by atoms with van der Waals surface area (Å²) in [6, 6.07) is 3.79. The maximum absolute atomic E-state index is 13.8. The SMILES string of the molecule is CC(C)OCc1cc(C(=O)N2CCOCC(F)(F)C2)ccc1F. The molecule has 0 atom stereocenters. The first-order valence-electron chi connectivity index (χ1n) is 7.43. The van der Waals surface area contributed by atoms with Crippen LogP contribution in [0.4, 0.5) is 13.2 Å². The first-order chi connectivity index (χ1) is 10.8. The van der Waals surface area contributed by atoms with Gasteiger partial charge < -0.3 is 14.4 Å². The number of rotatable bonds is 4. The first kappa shape index (κ1) is 17.7. The molecule has 1 fully saturated rings. The Morgan fingerprint density at radius 3 is 2.87 bits per heavy atom. The molecule has 1 saturated heterocycles. The van der Waals surface area contributed by atoms with Crippen LogP contribution in [0.2, 0.25) is 0 Å². The van der Waals surface area contributed by atoms with Crippen LogP contribution in [0, 0.1) is 5.82 Å². The highest BCUT2D eigenvalue weighted by Gasteiger charge is 2.36. The normalized spacial score (nSPS) is 18.1. The van der Waals surface area contributed by atoms with Crippen molar-refractivity contribution in [2.24, 2.45) is 0 Å². The standard InChI is InChI=1S/C16H20F3NO3/c1-11(2)23-8-13-7-12(3-4-14(13)17)15(21)20-5-6-22-10-16(18,19)9-20/h3-4,7,11H,5-6,8-10H2,1-2H3. The fraction of sp³-hybridized carbons (Fsp3) is 0.562. The molecule has 128 valence electrons. The van der Waals surface area contributed by atoms with Gasteiger partial charge in [0, 0.05) is 17.7 Å². The van der Waals surface area contributed by atoms with Crippen molar-refractivity contribution in [2.75, 3.05) is 26.3 Å². The molecule has 0 bridgehead atoms. The number of hydrogen-bond donors (Lipinski definition) is 0. The summed E-state index contributed by atoms with van der Waals surface area (Å²) in [7, 11) is 0. The number of benzene rings is 1. The van der Waals surface area contributed by atoms with E-state index in [-0.39, 0.29) is 37.0 Å². The van der Waals surface area contributed by atoms with Crippen LogP contribution in [0.1, 0.15) is 29.8 Å². The molecule has 1 aliphatic heterocycles. The highest BCUT2D eigenvalue weighted by Crippen LogP contribution is 2.21. The molecule has 1 aliphatic rings. The summed E-state index contributed by atoms with van der Waals surface area (Å²) in [4.78, 5) is 13.5. The summed E-state index contributed by atoms with van der Waals surface area (Å²) in [6.45, 7) is 2.35. The summed E-state index contributed by atoms with van der Waals surface area (Å²) < 4.78 is 51.0. The fourth-order valence-electron chi connectivity index (χ4n) is 2.23. The van der Waals surface area contributed by atoms with Crippen LogP contribution in [-0.2, 0) is 16.1 Å². The van der Waals surface area contributed by atoms with E-state index >= 15 is 0 Å². The Kier molecular flexibility index (Phi) is 5.64. The summed E-state index contributed by atoms with van der Waals surface area (Å²) >= 11 is 0. The van der Waals surface area contributed by atoms with Gasteiger partial charge in [-0.2, -0.15) is 0 Å². The van der Waals surface area contributed by atoms with E-state index in [1.165, 1.54) is 12.1 Å². The molecule has 1 amide bonds. The second kappa shape index (κ2) is 7.31. The van der Waals surface area contributed by atoms with Gasteiger partial charge in [0.05, 0.1) is 25.9 Å². The largest absolute Gasteiger partial charge is 0.374 e. The number of amides is 1. The van der Waals surface area contributed by atoms with Crippen molar-refractivity contribution in [3.63, 3.8) is 0 Å². The number of alkyl halides is 2. The van der Waals surface area contributed by atoms with Crippen molar-refractivity contribution in [1.82, 2.24) is 4.90 Å². The van der Waals surface area contributed by atoms with E-state index in [1.54, 1.807) is 0 Å². The maximum Gasteiger partial charge on any atom is 0.288 e. The predicted molar refractivity (Wildman–Crippen MR) is 78.0 cm³/mol. The molecule has 7 heteroatoms. The van der Waals surface area contributed by atoms with Crippen molar-refractivity contribution >= 4 is 5.91 Å². The van der Waals surface area contributed by atoms with Crippen LogP contribution >= 0.6 is 0 Å². The van der Waals surface area contributed by atoms with E-state index in [9.17, 15) is 18.0 Å². The van der Waals surface area contributed by atoms with Crippen LogP contribution in [0.3, 0.4) is 0 Å². The van der Waals surface area contributed by atoms with Gasteiger partial charge in [0.1, 0.15) is 12.4 Å². The number of halogens is 3. The fourth-order valence-corrected chi connectivity index (χ4v) is 2.23. The summed E-state index contributed by atoms with van der Waals surface area (Å²) in [5.74, 6) is -4.15. The molecule has 1 aromatic rings. The molecule has 4 nitrogen and oxygen atoms in total. The Balaban J connectivity index is 2.16. The van der Waals surface area contributed by atoms with Crippen molar-refractivity contribution in [3.8, 4) is 0 Å². The third kappa shape index (κ3) is 4.94. The van der Waals surface area contributed by atoms with Gasteiger partial charge in [0.2, 0.25) is 0 Å². The maximum atomic E-state index is 13.8. The third-order valence-electron chi connectivity index (χ3n) is 3.39. The van der Waals surface area contributed by atoms with Crippen molar-refractivity contribution in [3.05, 3.63) is 35.1 Å². The van der Waals surface area contributed by atoms with Crippen molar-refractivity contribution in [1.29, 1.82) is 0 Å². The highest BCUT2D eigenvalue weighted by atomic mass is 19.3. The lowest BCUT2D eigenvalue weighted by molar-refractivity contribution is -0.0660. The second-order valence-electron chi connectivity index (χ2n) is 5.80. The van der Waals surface area contributed by atoms with Crippen LogP contribution in [0.5, 0.6) is 0 Å². The topological polar surface area (TPSA) is 38.8 Å². The molecule has 1 aromatic carbocycles. The van der Waals surface area contributed by atoms with Gasteiger partial charge in [-0.15, -0.1) is 0 Å². The quantitative estimate of drug-likeness (QED) is 0.852. The molecular formula is C16H20F3NO3. The second-order valence-corrected chi connectivity index (χ2v) is 5.80. The van der Waals surface area contributed by atoms with E-state index in [4.69, 9.17) is 9.47 Å². The van der Waals surface area contributed by atoms with Gasteiger partial charge in [0.25, 0.3) is 11.8 Å². The molecular weight excluding hydrogens is 311 g/mol. The zero-order chi connectivity index (χ0) is 17.0. The minimum atomic E-state index is -3.09. The number of hydrogen-bond acceptors (Lipinski definition) is 3. The Morgan fingerprint density at radius 1 is 1.43 bits per heavy atom. The molecule has 0 unspecified atom stereocenters. The lowest BCUT2D eigenvalue weighted by atomic mass is 10.1. The zero-order valence-corrected chi connectivity index (χ0v) is 13.2. The number of carbonyl (C=O) groups is 1. The van der Waals surface area contributed by atoms with Crippen molar-refractivity contribution < 1.29 is 27.4 Å². The highest BCUT2D eigenvalue weighted by molar-refractivity contribution is 5.94. The predicted octanol–water partition coefficient (Wildman–Crippen LogP) is 2.86. The molecule has 0 spiro atoms. The number of nitrogens with zero attached hydrogens (tertiary/aromatic N) is 1. The number of carbonyl (C=O) groups excluding carboxylic acids is 1. The van der Waals surface area contributed by atoms with Gasteiger partial charge in [-0.05, 0) is 32.0 Å². The lowest BCUT2D eigenvalue weighted by Crippen LogP contribution is -2.41. The van der Waals surface area contributed by atoms with Gasteiger partial charge in [-0.1, -0.05) is 0 Å². The molecule has 0 radical (unpaired) electrons. The summed E-state index contributed by atoms with van der Waals surface area (Å²) in [6.07, 6.45) is -0.0878. The average molecular weight is 331 g/mol. The third-order valence-corrected chi connectivity index (χ3v) is 3.39. The molecule has 0 saturated carbocycles. The lowest BCUT2D eigenvalue weighted by Gasteiger charge is -2.23. The molecule has 0 N–H and O–H groups in total. The molecule has 1 heterocycles. The van der Waals surface area contributed by atoms with Gasteiger partial charge in [0.15, 0.2) is 0 Å². The molecule has 0 aliphatic carbocycles. The Bertz CT molecular complexity index is 564. The Morgan fingerprint density at radius 2 is 2.17 bits per heavy atom. The Labute approximate surface area is 133 Å². The number of ether oxygens (including phenoxy) is 2. The van der Waals surface area contributed by atoms with Gasteiger partial charge in [-0.25, -0.2) is 13.2 Å². The van der Waals surface area contributed by atoms with Crippen molar-refractivity contribution in [2.45, 2.75) is 32.5 Å². The van der Waals surface area contributed by atoms with Crippen LogP contribution < -0.4 is 0 Å². The minimum Gasteiger partial charge on any atom is -0.374 e. The smallest absolute Gasteiger partial charge is 0.288 e. The monoisotopic (exact) mass is 331 g/mol. The van der Waals surface area contributed by atoms with E-state index in [0.29, 0.717) is 0 Å². The van der Waals surface area contributed by atoms with Gasteiger partial charge >= 0.3 is 0 Å². The molecule has 23 heavy (non-hydrogen) atoms.